The highest BCUT2D eigenvalue weighted by atomic mass is 32.1. The number of fused-ring (bicyclic) bond motifs is 1. The number of halogens is 1. The average molecular weight is 406 g/mol. The number of ether oxygens (including phenoxy) is 2. The minimum absolute atomic E-state index is 0.0545. The molecule has 0 bridgehead atoms. The molecule has 0 fully saturated rings. The molecule has 4 aromatic rings. The van der Waals surface area contributed by atoms with E-state index in [1.165, 1.54) is 12.1 Å². The highest BCUT2D eigenvalue weighted by molar-refractivity contribution is 7.23. The summed E-state index contributed by atoms with van der Waals surface area (Å²) in [6.45, 7) is 1.90. The fraction of sp³-hybridized carbons (Fsp3) is 0.125. The lowest BCUT2D eigenvalue weighted by atomic mass is 9.97. The fourth-order valence-corrected chi connectivity index (χ4v) is 4.55. The van der Waals surface area contributed by atoms with E-state index in [4.69, 9.17) is 9.47 Å². The van der Waals surface area contributed by atoms with Crippen LogP contribution in [0.25, 0.3) is 31.7 Å². The Morgan fingerprint density at radius 3 is 2.41 bits per heavy atom. The Hall–Kier alpha value is -3.18. The molecule has 0 saturated carbocycles. The highest BCUT2D eigenvalue weighted by Gasteiger charge is 2.19. The van der Waals surface area contributed by atoms with Crippen LogP contribution in [0.15, 0.2) is 66.7 Å². The van der Waals surface area contributed by atoms with Crippen LogP contribution in [-0.2, 0) is 4.74 Å². The van der Waals surface area contributed by atoms with Crippen molar-refractivity contribution in [2.45, 2.75) is 6.92 Å². The normalized spacial score (nSPS) is 10.9. The van der Waals surface area contributed by atoms with Crippen molar-refractivity contribution < 1.29 is 18.7 Å². The summed E-state index contributed by atoms with van der Waals surface area (Å²) in [5, 5.41) is 1.05. The minimum atomic E-state index is -0.651. The van der Waals surface area contributed by atoms with E-state index in [1.54, 1.807) is 31.4 Å². The molecule has 1 aromatic heterocycles. The zero-order valence-electron chi connectivity index (χ0n) is 16.1. The van der Waals surface area contributed by atoms with Gasteiger partial charge in [0.05, 0.1) is 19.3 Å². The lowest BCUT2D eigenvalue weighted by molar-refractivity contribution is 0.0521. The lowest BCUT2D eigenvalue weighted by Crippen LogP contribution is -2.07. The second-order valence-electron chi connectivity index (χ2n) is 6.45. The third-order valence-corrected chi connectivity index (χ3v) is 5.92. The molecular weight excluding hydrogens is 387 g/mol. The predicted octanol–water partition coefficient (Wildman–Crippen LogP) is 6.56. The van der Waals surface area contributed by atoms with Crippen LogP contribution in [0.2, 0.25) is 0 Å². The van der Waals surface area contributed by atoms with E-state index in [2.05, 4.69) is 6.07 Å². The Morgan fingerprint density at radius 2 is 1.72 bits per heavy atom. The summed E-state index contributed by atoms with van der Waals surface area (Å²) in [5.41, 5.74) is 2.64. The van der Waals surface area contributed by atoms with Gasteiger partial charge in [0, 0.05) is 20.5 Å². The number of carbonyl (C=O) groups is 1. The average Bonchev–Trinajstić information content (AvgIpc) is 3.13. The molecule has 5 heteroatoms. The second-order valence-corrected chi connectivity index (χ2v) is 7.50. The second kappa shape index (κ2) is 8.05. The van der Waals surface area contributed by atoms with E-state index in [-0.39, 0.29) is 12.2 Å². The molecule has 3 aromatic carbocycles. The Morgan fingerprint density at radius 1 is 1.00 bits per heavy atom. The quantitative estimate of drug-likeness (QED) is 0.352. The van der Waals surface area contributed by atoms with Gasteiger partial charge in [0.25, 0.3) is 0 Å². The maximum absolute atomic E-state index is 14.7. The van der Waals surface area contributed by atoms with Crippen molar-refractivity contribution in [1.82, 2.24) is 0 Å². The molecule has 0 spiro atoms. The monoisotopic (exact) mass is 406 g/mol. The minimum Gasteiger partial charge on any atom is -0.497 e. The van der Waals surface area contributed by atoms with Crippen LogP contribution in [0.4, 0.5) is 4.39 Å². The Labute approximate surface area is 172 Å². The number of thiophene rings is 1. The first-order valence-electron chi connectivity index (χ1n) is 9.25. The molecule has 0 amide bonds. The van der Waals surface area contributed by atoms with Gasteiger partial charge in [-0.15, -0.1) is 11.3 Å². The topological polar surface area (TPSA) is 35.5 Å². The molecule has 3 nitrogen and oxygen atoms in total. The van der Waals surface area contributed by atoms with Gasteiger partial charge in [0.2, 0.25) is 0 Å². The molecule has 0 N–H and O–H groups in total. The molecule has 0 radical (unpaired) electrons. The van der Waals surface area contributed by atoms with Crippen molar-refractivity contribution in [1.29, 1.82) is 0 Å². The van der Waals surface area contributed by atoms with E-state index in [9.17, 15) is 9.18 Å². The van der Waals surface area contributed by atoms with Crippen LogP contribution in [0.1, 0.15) is 17.3 Å². The molecular formula is C24H19FO3S. The molecule has 1 heterocycles. The predicted molar refractivity (Wildman–Crippen MR) is 115 cm³/mol. The maximum Gasteiger partial charge on any atom is 0.341 e. The summed E-state index contributed by atoms with van der Waals surface area (Å²) in [7, 11) is 1.63. The highest BCUT2D eigenvalue weighted by Crippen LogP contribution is 2.45. The van der Waals surface area contributed by atoms with Gasteiger partial charge in [-0.05, 0) is 60.5 Å². The molecule has 29 heavy (non-hydrogen) atoms. The molecule has 0 aliphatic heterocycles. The lowest BCUT2D eigenvalue weighted by Gasteiger charge is -2.09. The van der Waals surface area contributed by atoms with E-state index < -0.39 is 11.8 Å². The van der Waals surface area contributed by atoms with Crippen molar-refractivity contribution in [2.75, 3.05) is 13.7 Å². The van der Waals surface area contributed by atoms with Crippen LogP contribution in [0.5, 0.6) is 5.75 Å². The smallest absolute Gasteiger partial charge is 0.341 e. The summed E-state index contributed by atoms with van der Waals surface area (Å²) in [4.78, 5) is 13.0. The Bertz CT molecular complexity index is 1180. The van der Waals surface area contributed by atoms with Gasteiger partial charge in [-0.2, -0.15) is 0 Å². The van der Waals surface area contributed by atoms with Gasteiger partial charge >= 0.3 is 5.97 Å². The van der Waals surface area contributed by atoms with Crippen LogP contribution in [-0.4, -0.2) is 19.7 Å². The van der Waals surface area contributed by atoms with Crippen LogP contribution in [0, 0.1) is 5.82 Å². The van der Waals surface area contributed by atoms with Gasteiger partial charge in [-0.25, -0.2) is 9.18 Å². The molecule has 0 atom stereocenters. The first-order valence-corrected chi connectivity index (χ1v) is 10.1. The van der Waals surface area contributed by atoms with Gasteiger partial charge in [-0.1, -0.05) is 24.3 Å². The largest absolute Gasteiger partial charge is 0.497 e. The summed E-state index contributed by atoms with van der Waals surface area (Å²) >= 11 is 1.65. The third kappa shape index (κ3) is 3.61. The number of benzene rings is 3. The van der Waals surface area contributed by atoms with Crippen molar-refractivity contribution in [2.24, 2.45) is 0 Å². The van der Waals surface area contributed by atoms with Crippen molar-refractivity contribution in [3.8, 4) is 27.3 Å². The zero-order valence-corrected chi connectivity index (χ0v) is 16.9. The van der Waals surface area contributed by atoms with Gasteiger partial charge in [-0.3, -0.25) is 0 Å². The van der Waals surface area contributed by atoms with Crippen molar-refractivity contribution >= 4 is 27.4 Å². The number of esters is 1. The van der Waals surface area contributed by atoms with E-state index in [0.29, 0.717) is 0 Å². The van der Waals surface area contributed by atoms with Gasteiger partial charge in [0.15, 0.2) is 0 Å². The Kier molecular flexibility index (Phi) is 5.32. The number of methoxy groups -OCH3 is 1. The summed E-state index contributed by atoms with van der Waals surface area (Å²) in [6, 6.07) is 20.5. The SMILES string of the molecule is CCOC(=O)c1ccc(-c2c(-c3ccc(OC)cc3)sc3ccccc23)cc1F. The first-order chi connectivity index (χ1) is 14.1. The molecule has 146 valence electrons. The van der Waals surface area contributed by atoms with Crippen molar-refractivity contribution in [3.63, 3.8) is 0 Å². The molecule has 0 saturated heterocycles. The van der Waals surface area contributed by atoms with Crippen molar-refractivity contribution in [3.05, 3.63) is 78.1 Å². The number of rotatable bonds is 5. The molecule has 0 aliphatic rings. The first kappa shape index (κ1) is 19.2. The summed E-state index contributed by atoms with van der Waals surface area (Å²) in [6.07, 6.45) is 0. The third-order valence-electron chi connectivity index (χ3n) is 4.70. The van der Waals surface area contributed by atoms with Gasteiger partial charge in [0.1, 0.15) is 11.6 Å². The van der Waals surface area contributed by atoms with Crippen LogP contribution >= 0.6 is 11.3 Å². The van der Waals surface area contributed by atoms with E-state index in [1.807, 2.05) is 42.5 Å². The van der Waals surface area contributed by atoms with E-state index >= 15 is 0 Å². The number of hydrogen-bond acceptors (Lipinski definition) is 4. The van der Waals surface area contributed by atoms with Crippen LogP contribution in [0.3, 0.4) is 0 Å². The summed E-state index contributed by atoms with van der Waals surface area (Å²) < 4.78 is 26.0. The molecule has 0 aliphatic carbocycles. The fourth-order valence-electron chi connectivity index (χ4n) is 3.32. The summed E-state index contributed by atoms with van der Waals surface area (Å²) in [5.74, 6) is -0.458. The Balaban J connectivity index is 1.88. The van der Waals surface area contributed by atoms with E-state index in [0.717, 1.165) is 37.4 Å². The van der Waals surface area contributed by atoms with Crippen LogP contribution < -0.4 is 4.74 Å². The standard InChI is InChI=1S/C24H19FO3S/c1-3-28-24(26)18-13-10-16(14-20(18)25)22-19-6-4-5-7-21(19)29-23(22)15-8-11-17(27-2)12-9-15/h4-14H,3H2,1-2H3. The number of hydrogen-bond donors (Lipinski definition) is 0. The zero-order chi connectivity index (χ0) is 20.4. The maximum atomic E-state index is 14.7. The molecule has 0 unspecified atom stereocenters. The van der Waals surface area contributed by atoms with Gasteiger partial charge < -0.3 is 9.47 Å². The molecule has 4 rings (SSSR count). The number of carbonyl (C=O) groups excluding carboxylic acids is 1.